The van der Waals surface area contributed by atoms with Gasteiger partial charge in [-0.3, -0.25) is 28.8 Å². The molecule has 4 heterocycles. The Labute approximate surface area is 380 Å². The van der Waals surface area contributed by atoms with E-state index in [9.17, 15) is 33.9 Å². The van der Waals surface area contributed by atoms with E-state index in [1.807, 2.05) is 36.4 Å². The molecule has 0 saturated carbocycles. The van der Waals surface area contributed by atoms with Crippen molar-refractivity contribution in [3.63, 3.8) is 0 Å². The lowest BCUT2D eigenvalue weighted by atomic mass is 9.95. The van der Waals surface area contributed by atoms with Gasteiger partial charge in [0.2, 0.25) is 12.4 Å². The molecule has 2 amide bonds. The van der Waals surface area contributed by atoms with E-state index in [-0.39, 0.29) is 52.4 Å². The summed E-state index contributed by atoms with van der Waals surface area (Å²) >= 11 is 14.1. The van der Waals surface area contributed by atoms with Crippen molar-refractivity contribution >= 4 is 103 Å². The molecular weight excluding hydrogens is 891 g/mol. The van der Waals surface area contributed by atoms with Gasteiger partial charge in [-0.15, -0.1) is 34.5 Å². The number of esters is 4. The smallest absolute Gasteiger partial charge is 0.303 e. The normalized spacial score (nSPS) is 22.4. The molecule has 0 bridgehead atoms. The summed E-state index contributed by atoms with van der Waals surface area (Å²) in [5, 5.41) is 13.7. The van der Waals surface area contributed by atoms with E-state index in [1.165, 1.54) is 6.92 Å². The number of hydrogen-bond acceptors (Lipinski definition) is 14. The first-order valence-corrected chi connectivity index (χ1v) is 22.2. The van der Waals surface area contributed by atoms with Crippen molar-refractivity contribution in [1.82, 2.24) is 0 Å². The van der Waals surface area contributed by atoms with Crippen molar-refractivity contribution in [3.05, 3.63) is 93.7 Å². The van der Waals surface area contributed by atoms with Gasteiger partial charge in [0.25, 0.3) is 11.8 Å². The van der Waals surface area contributed by atoms with Crippen LogP contribution in [0.25, 0.3) is 21.5 Å². The average molecular weight is 934 g/mol. The molecule has 4 aromatic carbocycles. The van der Waals surface area contributed by atoms with Gasteiger partial charge in [0.1, 0.15) is 24.2 Å². The number of phenolic OH excluding ortho intramolecular Hbond substituents is 1. The fraction of sp³-hybridized carbons (Fsp3) is 0.348. The Morgan fingerprint density at radius 3 is 1.67 bits per heavy atom. The van der Waals surface area contributed by atoms with Crippen LogP contribution in [0.5, 0.6) is 11.5 Å². The van der Waals surface area contributed by atoms with Crippen LogP contribution in [-0.4, -0.2) is 103 Å². The number of phenols is 1. The Balaban J connectivity index is 1.14. The van der Waals surface area contributed by atoms with Gasteiger partial charge in [0, 0.05) is 87.3 Å². The molecule has 1 saturated heterocycles. The minimum absolute atomic E-state index is 0.0380. The molecule has 18 heteroatoms. The van der Waals surface area contributed by atoms with E-state index in [2.05, 4.69) is 0 Å². The summed E-state index contributed by atoms with van der Waals surface area (Å²) in [6, 6.07) is 21.1. The number of ether oxygens (including phenoxy) is 6. The molecule has 0 aliphatic carbocycles. The fourth-order valence-corrected chi connectivity index (χ4v) is 10.2. The van der Waals surface area contributed by atoms with Crippen molar-refractivity contribution in [2.45, 2.75) is 70.2 Å². The molecule has 2 unspecified atom stereocenters. The molecule has 0 spiro atoms. The molecule has 0 radical (unpaired) electrons. The van der Waals surface area contributed by atoms with E-state index in [4.69, 9.17) is 51.6 Å². The Kier molecular flexibility index (Phi) is 12.8. The average Bonchev–Trinajstić information content (AvgIpc) is 4.00. The summed E-state index contributed by atoms with van der Waals surface area (Å²) in [5.41, 5.74) is 2.66. The molecule has 1 aromatic heterocycles. The molecule has 3 aliphatic heterocycles. The molecule has 64 heavy (non-hydrogen) atoms. The quantitative estimate of drug-likeness (QED) is 0.0799. The third kappa shape index (κ3) is 8.42. The number of thiophene rings is 1. The number of anilines is 2. The number of nitrogens with zero attached hydrogens (tertiary/aromatic N) is 2. The molecule has 5 aromatic rings. The SMILES string of the molecule is CC(=O)OC[C@H]1O[C@@H](Oc2cc3c(c4ccccc24)[C@H](CCl)CN3C(=O)c2ccc(C(=O)N3CC(CCl)c4c3cc(O)c3ccccc43)s2)[C@@H](OC(C)=O)C(OC(C)=O)[C@H]1OC(C)=O. The van der Waals surface area contributed by atoms with Crippen molar-refractivity contribution < 1.29 is 62.3 Å². The van der Waals surface area contributed by atoms with E-state index in [0.717, 1.165) is 48.6 Å². The number of carbonyl (C=O) groups is 6. The summed E-state index contributed by atoms with van der Waals surface area (Å²) < 4.78 is 34.8. The lowest BCUT2D eigenvalue weighted by Gasteiger charge is -2.44. The van der Waals surface area contributed by atoms with Crippen LogP contribution in [-0.2, 0) is 42.9 Å². The maximum atomic E-state index is 14.6. The summed E-state index contributed by atoms with van der Waals surface area (Å²) in [5.74, 6) is -3.68. The zero-order valence-electron chi connectivity index (χ0n) is 34.9. The molecule has 3 aliphatic rings. The predicted octanol–water partition coefficient (Wildman–Crippen LogP) is 7.19. The highest BCUT2D eigenvalue weighted by atomic mass is 35.5. The lowest BCUT2D eigenvalue weighted by Crippen LogP contribution is -2.63. The number of aromatic hydroxyl groups is 1. The van der Waals surface area contributed by atoms with Crippen LogP contribution in [0.1, 0.15) is 70.0 Å². The number of benzene rings is 4. The van der Waals surface area contributed by atoms with Gasteiger partial charge in [0.15, 0.2) is 12.2 Å². The Morgan fingerprint density at radius 2 is 1.14 bits per heavy atom. The van der Waals surface area contributed by atoms with Crippen molar-refractivity contribution in [2.75, 3.05) is 41.3 Å². The number of fused-ring (bicyclic) bond motifs is 6. The zero-order valence-corrected chi connectivity index (χ0v) is 37.2. The van der Waals surface area contributed by atoms with Crippen molar-refractivity contribution in [2.24, 2.45) is 0 Å². The van der Waals surface area contributed by atoms with Gasteiger partial charge in [-0.05, 0) is 34.0 Å². The van der Waals surface area contributed by atoms with E-state index in [0.29, 0.717) is 39.0 Å². The minimum atomic E-state index is -1.55. The van der Waals surface area contributed by atoms with Gasteiger partial charge < -0.3 is 43.3 Å². The van der Waals surface area contributed by atoms with Crippen LogP contribution in [0.2, 0.25) is 0 Å². The van der Waals surface area contributed by atoms with Gasteiger partial charge in [-0.2, -0.15) is 0 Å². The number of rotatable bonds is 11. The summed E-state index contributed by atoms with van der Waals surface area (Å²) in [6.45, 7) is 4.58. The second-order valence-corrected chi connectivity index (χ2v) is 17.3. The molecule has 1 fully saturated rings. The van der Waals surface area contributed by atoms with Crippen LogP contribution < -0.4 is 14.5 Å². The molecule has 8 rings (SSSR count). The maximum absolute atomic E-state index is 14.6. The number of alkyl halides is 2. The van der Waals surface area contributed by atoms with E-state index in [1.54, 1.807) is 46.2 Å². The molecule has 334 valence electrons. The Morgan fingerprint density at radius 1 is 0.656 bits per heavy atom. The maximum Gasteiger partial charge on any atom is 0.303 e. The first-order valence-electron chi connectivity index (χ1n) is 20.3. The number of amides is 2. The van der Waals surface area contributed by atoms with Crippen molar-refractivity contribution in [3.8, 4) is 11.5 Å². The highest BCUT2D eigenvalue weighted by Gasteiger charge is 2.54. The van der Waals surface area contributed by atoms with Crippen LogP contribution in [0, 0.1) is 0 Å². The van der Waals surface area contributed by atoms with Crippen LogP contribution in [0.4, 0.5) is 11.4 Å². The number of hydrogen-bond donors (Lipinski definition) is 1. The number of halogens is 2. The first kappa shape index (κ1) is 44.7. The van der Waals surface area contributed by atoms with Crippen LogP contribution in [0.3, 0.4) is 0 Å². The monoisotopic (exact) mass is 932 g/mol. The summed E-state index contributed by atoms with van der Waals surface area (Å²) in [7, 11) is 0. The second-order valence-electron chi connectivity index (χ2n) is 15.6. The Hall–Kier alpha value is -5.94. The third-order valence-corrected chi connectivity index (χ3v) is 13.2. The highest BCUT2D eigenvalue weighted by molar-refractivity contribution is 7.16. The van der Waals surface area contributed by atoms with E-state index < -0.39 is 67.1 Å². The number of carbonyl (C=O) groups excluding carboxylic acids is 6. The van der Waals surface area contributed by atoms with Gasteiger partial charge >= 0.3 is 23.9 Å². The van der Waals surface area contributed by atoms with Gasteiger partial charge in [0.05, 0.1) is 21.1 Å². The summed E-state index contributed by atoms with van der Waals surface area (Å²) in [6.07, 6.45) is -7.18. The standard InChI is InChI=1S/C46H42Cl2N2O13S/c1-22(51)58-21-36-41(59-23(2)52)42(60-24(3)53)43(61-25(4)54)46(63-36)62-35-16-33-40(31-12-8-6-10-29(31)35)27(18-48)20-50(33)45(57)38-14-13-37(64-38)44(56)49-19-26(17-47)39-30-11-7-5-9-28(30)34(55)15-32(39)49/h5-16,26-27,36,41-43,46,55H,17-21H2,1-4H3/t26?,27-,36-,41+,42?,43+,46-/m1/s1. The molecule has 7 atom stereocenters. The second kappa shape index (κ2) is 18.3. The fourth-order valence-electron chi connectivity index (χ4n) is 8.82. The minimum Gasteiger partial charge on any atom is -0.507 e. The molecule has 15 nitrogen and oxygen atoms in total. The highest BCUT2D eigenvalue weighted by Crippen LogP contribution is 2.48. The predicted molar refractivity (Wildman–Crippen MR) is 237 cm³/mol. The first-order chi connectivity index (χ1) is 30.7. The molecular formula is C46H42Cl2N2O13S. The van der Waals surface area contributed by atoms with Gasteiger partial charge in [-0.25, -0.2) is 0 Å². The zero-order chi connectivity index (χ0) is 45.6. The summed E-state index contributed by atoms with van der Waals surface area (Å²) in [4.78, 5) is 81.9. The van der Waals surface area contributed by atoms with E-state index >= 15 is 0 Å². The largest absolute Gasteiger partial charge is 0.507 e. The third-order valence-electron chi connectivity index (χ3n) is 11.4. The molecule has 1 N–H and O–H groups in total. The topological polar surface area (TPSA) is 185 Å². The Bertz CT molecular complexity index is 2710. The van der Waals surface area contributed by atoms with Gasteiger partial charge in [-0.1, -0.05) is 48.5 Å². The lowest BCUT2D eigenvalue weighted by molar-refractivity contribution is -0.288. The van der Waals surface area contributed by atoms with Crippen LogP contribution >= 0.6 is 34.5 Å². The van der Waals surface area contributed by atoms with Crippen molar-refractivity contribution in [1.29, 1.82) is 0 Å². The van der Waals surface area contributed by atoms with Crippen LogP contribution in [0.15, 0.2) is 72.8 Å².